The van der Waals surface area contributed by atoms with E-state index in [0.717, 1.165) is 6.42 Å². The number of nitrogens with one attached hydrogen (secondary N) is 1. The number of hydrogen-bond donors (Lipinski definition) is 1. The summed E-state index contributed by atoms with van der Waals surface area (Å²) >= 11 is 0. The first-order chi connectivity index (χ1) is 7.67. The summed E-state index contributed by atoms with van der Waals surface area (Å²) in [6.45, 7) is 6.33. The molecule has 0 heterocycles. The van der Waals surface area contributed by atoms with Gasteiger partial charge in [-0.05, 0) is 13.3 Å². The van der Waals surface area contributed by atoms with Crippen LogP contribution in [0.2, 0.25) is 0 Å². The Bertz CT molecular complexity index is 188. The SMILES string of the molecule is CCCNC(=O)N(CCOC)C(C)COC. The Morgan fingerprint density at radius 1 is 1.38 bits per heavy atom. The average Bonchev–Trinajstić information content (AvgIpc) is 2.27. The normalized spacial score (nSPS) is 12.2. The monoisotopic (exact) mass is 232 g/mol. The van der Waals surface area contributed by atoms with Crippen LogP contribution in [0, 0.1) is 0 Å². The molecule has 0 aromatic carbocycles. The maximum absolute atomic E-state index is 11.8. The van der Waals surface area contributed by atoms with Crippen LogP contribution >= 0.6 is 0 Å². The maximum atomic E-state index is 11.8. The predicted octanol–water partition coefficient (Wildman–Crippen LogP) is 1.09. The quantitative estimate of drug-likeness (QED) is 0.681. The topological polar surface area (TPSA) is 50.8 Å². The number of ether oxygens (including phenoxy) is 2. The molecule has 0 fully saturated rings. The van der Waals surface area contributed by atoms with Gasteiger partial charge in [0.2, 0.25) is 0 Å². The minimum absolute atomic E-state index is 0.0524. The highest BCUT2D eigenvalue weighted by atomic mass is 16.5. The second-order valence-corrected chi connectivity index (χ2v) is 3.72. The van der Waals surface area contributed by atoms with Crippen LogP contribution in [-0.4, -0.2) is 57.5 Å². The van der Waals surface area contributed by atoms with E-state index in [1.54, 1.807) is 19.1 Å². The number of rotatable bonds is 8. The molecule has 0 radical (unpaired) electrons. The Hall–Kier alpha value is -0.810. The Kier molecular flexibility index (Phi) is 8.94. The van der Waals surface area contributed by atoms with E-state index in [1.807, 2.05) is 13.8 Å². The van der Waals surface area contributed by atoms with Crippen molar-refractivity contribution in [2.75, 3.05) is 40.5 Å². The molecule has 0 aliphatic carbocycles. The molecule has 1 N–H and O–H groups in total. The molecule has 0 saturated carbocycles. The molecule has 2 amide bonds. The summed E-state index contributed by atoms with van der Waals surface area (Å²) in [4.78, 5) is 13.6. The number of urea groups is 1. The van der Waals surface area contributed by atoms with Crippen LogP contribution < -0.4 is 5.32 Å². The van der Waals surface area contributed by atoms with Crippen LogP contribution in [0.4, 0.5) is 4.79 Å². The molecule has 96 valence electrons. The van der Waals surface area contributed by atoms with Gasteiger partial charge < -0.3 is 19.7 Å². The molecule has 0 bridgehead atoms. The van der Waals surface area contributed by atoms with Crippen LogP contribution in [-0.2, 0) is 9.47 Å². The van der Waals surface area contributed by atoms with Crippen LogP contribution in [0.1, 0.15) is 20.3 Å². The van der Waals surface area contributed by atoms with Crippen LogP contribution in [0.15, 0.2) is 0 Å². The third-order valence-electron chi connectivity index (χ3n) is 2.26. The van der Waals surface area contributed by atoms with Gasteiger partial charge in [0.1, 0.15) is 0 Å². The molecule has 0 rings (SSSR count). The number of methoxy groups -OCH3 is 2. The van der Waals surface area contributed by atoms with E-state index in [1.165, 1.54) is 0 Å². The summed E-state index contributed by atoms with van der Waals surface area (Å²) < 4.78 is 10.0. The van der Waals surface area contributed by atoms with Gasteiger partial charge >= 0.3 is 6.03 Å². The number of amides is 2. The molecular weight excluding hydrogens is 208 g/mol. The summed E-state index contributed by atoms with van der Waals surface area (Å²) in [6, 6.07) is 0.000422. The van der Waals surface area contributed by atoms with Gasteiger partial charge in [-0.15, -0.1) is 0 Å². The van der Waals surface area contributed by atoms with Gasteiger partial charge in [-0.1, -0.05) is 6.92 Å². The lowest BCUT2D eigenvalue weighted by Crippen LogP contribution is -2.48. The van der Waals surface area contributed by atoms with E-state index in [4.69, 9.17) is 9.47 Å². The number of carbonyl (C=O) groups excluding carboxylic acids is 1. The van der Waals surface area contributed by atoms with Crippen molar-refractivity contribution in [3.05, 3.63) is 0 Å². The second kappa shape index (κ2) is 9.42. The van der Waals surface area contributed by atoms with Gasteiger partial charge in [0.05, 0.1) is 19.3 Å². The minimum atomic E-state index is -0.0524. The number of hydrogen-bond acceptors (Lipinski definition) is 3. The molecule has 0 aromatic heterocycles. The highest BCUT2D eigenvalue weighted by Crippen LogP contribution is 2.00. The molecule has 0 spiro atoms. The smallest absolute Gasteiger partial charge is 0.317 e. The molecule has 1 atom stereocenters. The first-order valence-electron chi connectivity index (χ1n) is 5.69. The van der Waals surface area contributed by atoms with Crippen molar-refractivity contribution in [3.8, 4) is 0 Å². The maximum Gasteiger partial charge on any atom is 0.317 e. The van der Waals surface area contributed by atoms with Crippen molar-refractivity contribution in [2.45, 2.75) is 26.3 Å². The van der Waals surface area contributed by atoms with Crippen LogP contribution in [0.5, 0.6) is 0 Å². The van der Waals surface area contributed by atoms with Crippen LogP contribution in [0.25, 0.3) is 0 Å². The lowest BCUT2D eigenvalue weighted by atomic mass is 10.3. The van der Waals surface area contributed by atoms with Gasteiger partial charge in [-0.2, -0.15) is 0 Å². The molecule has 0 aliphatic rings. The third-order valence-corrected chi connectivity index (χ3v) is 2.26. The fourth-order valence-corrected chi connectivity index (χ4v) is 1.38. The molecule has 16 heavy (non-hydrogen) atoms. The van der Waals surface area contributed by atoms with Crippen molar-refractivity contribution in [1.82, 2.24) is 10.2 Å². The zero-order valence-corrected chi connectivity index (χ0v) is 10.8. The van der Waals surface area contributed by atoms with Crippen molar-refractivity contribution in [2.24, 2.45) is 0 Å². The first-order valence-corrected chi connectivity index (χ1v) is 5.69. The molecule has 0 aromatic rings. The Morgan fingerprint density at radius 3 is 2.56 bits per heavy atom. The largest absolute Gasteiger partial charge is 0.383 e. The summed E-state index contributed by atoms with van der Waals surface area (Å²) in [5.41, 5.74) is 0. The standard InChI is InChI=1S/C11H24N2O3/c1-5-6-12-11(14)13(7-8-15-3)10(2)9-16-4/h10H,5-9H2,1-4H3,(H,12,14). The highest BCUT2D eigenvalue weighted by Gasteiger charge is 2.18. The lowest BCUT2D eigenvalue weighted by molar-refractivity contribution is 0.0905. The van der Waals surface area contributed by atoms with Crippen molar-refractivity contribution in [3.63, 3.8) is 0 Å². The van der Waals surface area contributed by atoms with Gasteiger partial charge in [-0.3, -0.25) is 0 Å². The fourth-order valence-electron chi connectivity index (χ4n) is 1.38. The number of nitrogens with zero attached hydrogens (tertiary/aromatic N) is 1. The fraction of sp³-hybridized carbons (Fsp3) is 0.909. The second-order valence-electron chi connectivity index (χ2n) is 3.72. The number of carbonyl (C=O) groups is 1. The summed E-state index contributed by atoms with van der Waals surface area (Å²) in [7, 11) is 3.26. The van der Waals surface area contributed by atoms with Crippen LogP contribution in [0.3, 0.4) is 0 Å². The van der Waals surface area contributed by atoms with Crippen molar-refractivity contribution >= 4 is 6.03 Å². The lowest BCUT2D eigenvalue weighted by Gasteiger charge is -2.28. The third kappa shape index (κ3) is 5.92. The van der Waals surface area contributed by atoms with Gasteiger partial charge in [0.25, 0.3) is 0 Å². The summed E-state index contributed by atoms with van der Waals surface area (Å²) in [5.74, 6) is 0. The van der Waals surface area contributed by atoms with E-state index < -0.39 is 0 Å². The molecule has 0 saturated heterocycles. The molecular formula is C11H24N2O3. The van der Waals surface area contributed by atoms with E-state index in [-0.39, 0.29) is 12.1 Å². The zero-order valence-electron chi connectivity index (χ0n) is 10.8. The highest BCUT2D eigenvalue weighted by molar-refractivity contribution is 5.74. The van der Waals surface area contributed by atoms with Gasteiger partial charge in [0, 0.05) is 27.3 Å². The van der Waals surface area contributed by atoms with Crippen molar-refractivity contribution in [1.29, 1.82) is 0 Å². The molecule has 0 aliphatic heterocycles. The average molecular weight is 232 g/mol. The first kappa shape index (κ1) is 15.2. The minimum Gasteiger partial charge on any atom is -0.383 e. The summed E-state index contributed by atoms with van der Waals surface area (Å²) in [5, 5.41) is 2.86. The Morgan fingerprint density at radius 2 is 2.06 bits per heavy atom. The molecule has 5 heteroatoms. The van der Waals surface area contributed by atoms with E-state index >= 15 is 0 Å². The van der Waals surface area contributed by atoms with E-state index in [2.05, 4.69) is 5.32 Å². The molecule has 5 nitrogen and oxygen atoms in total. The van der Waals surface area contributed by atoms with E-state index in [0.29, 0.717) is 26.3 Å². The predicted molar refractivity (Wildman–Crippen MR) is 63.6 cm³/mol. The van der Waals surface area contributed by atoms with E-state index in [9.17, 15) is 4.79 Å². The Labute approximate surface area is 98.1 Å². The van der Waals surface area contributed by atoms with Crippen molar-refractivity contribution < 1.29 is 14.3 Å². The zero-order chi connectivity index (χ0) is 12.4. The summed E-state index contributed by atoms with van der Waals surface area (Å²) in [6.07, 6.45) is 0.933. The van der Waals surface area contributed by atoms with Gasteiger partial charge in [0.15, 0.2) is 0 Å². The molecule has 1 unspecified atom stereocenters. The van der Waals surface area contributed by atoms with Gasteiger partial charge in [-0.25, -0.2) is 4.79 Å². The Balaban J connectivity index is 4.21.